The van der Waals surface area contributed by atoms with Crippen molar-refractivity contribution < 1.29 is 27.8 Å². The molecule has 0 radical (unpaired) electrons. The zero-order valence-electron chi connectivity index (χ0n) is 20.9. The zero-order chi connectivity index (χ0) is 25.5. The van der Waals surface area contributed by atoms with Crippen LogP contribution in [0.2, 0.25) is 0 Å². The van der Waals surface area contributed by atoms with Gasteiger partial charge in [-0.25, -0.2) is 0 Å². The number of aliphatic carboxylic acids is 1. The van der Waals surface area contributed by atoms with E-state index < -0.39 is 29.0 Å². The Morgan fingerprint density at radius 3 is 2.40 bits per heavy atom. The van der Waals surface area contributed by atoms with Crippen LogP contribution in [-0.4, -0.2) is 23.2 Å². The molecule has 0 amide bonds. The number of halogens is 3. The molecule has 0 spiro atoms. The third-order valence-corrected chi connectivity index (χ3v) is 8.47. The SMILES string of the molecule is CCC1CCC(Oc2ccc3ccc([C@H](C)N[C@@H]4C[C@H](C(=O)O)C4(C)C)cc3c2C(F)(F)F)CC1. The first-order valence-electron chi connectivity index (χ1n) is 12.7. The quantitative estimate of drug-likeness (QED) is 0.425. The Bertz CT molecular complexity index is 1070. The summed E-state index contributed by atoms with van der Waals surface area (Å²) < 4.78 is 49.0. The van der Waals surface area contributed by atoms with Crippen LogP contribution in [0.25, 0.3) is 10.8 Å². The van der Waals surface area contributed by atoms with E-state index in [4.69, 9.17) is 4.74 Å². The van der Waals surface area contributed by atoms with Gasteiger partial charge in [-0.1, -0.05) is 45.4 Å². The van der Waals surface area contributed by atoms with Crippen LogP contribution in [-0.2, 0) is 11.0 Å². The average Bonchev–Trinajstić information content (AvgIpc) is 2.80. The van der Waals surface area contributed by atoms with Crippen LogP contribution in [0.1, 0.15) is 83.4 Å². The van der Waals surface area contributed by atoms with E-state index in [1.807, 2.05) is 26.8 Å². The van der Waals surface area contributed by atoms with Crippen molar-refractivity contribution in [3.63, 3.8) is 0 Å². The Labute approximate surface area is 205 Å². The monoisotopic (exact) mass is 491 g/mol. The van der Waals surface area contributed by atoms with Crippen molar-refractivity contribution in [2.75, 3.05) is 0 Å². The largest absolute Gasteiger partial charge is 0.490 e. The average molecular weight is 492 g/mol. The standard InChI is InChI=1S/C28H36F3NO3/c1-5-17-6-11-20(12-7-17)35-23-13-10-18-8-9-19(14-21(18)25(23)28(29,30)31)16(2)32-24-15-22(26(33)34)27(24,3)4/h8-10,13-14,16-17,20,22,24,32H,5-7,11-12,15H2,1-4H3,(H,33,34)/t16-,17?,20?,22+,24+/m0/s1. The van der Waals surface area contributed by atoms with Crippen molar-refractivity contribution in [1.29, 1.82) is 0 Å². The molecule has 2 aliphatic carbocycles. The van der Waals surface area contributed by atoms with E-state index in [9.17, 15) is 23.1 Å². The Morgan fingerprint density at radius 1 is 1.17 bits per heavy atom. The number of carboxylic acid groups (broad SMARTS) is 1. The maximum absolute atomic E-state index is 14.3. The molecule has 0 saturated heterocycles. The first-order valence-corrected chi connectivity index (χ1v) is 12.7. The topological polar surface area (TPSA) is 58.6 Å². The van der Waals surface area contributed by atoms with E-state index in [0.29, 0.717) is 17.7 Å². The molecule has 2 aromatic rings. The lowest BCUT2D eigenvalue weighted by molar-refractivity contribution is -0.155. The summed E-state index contributed by atoms with van der Waals surface area (Å²) in [5.41, 5.74) is -0.402. The van der Waals surface area contributed by atoms with Crippen LogP contribution in [0.4, 0.5) is 13.2 Å². The molecule has 4 nitrogen and oxygen atoms in total. The van der Waals surface area contributed by atoms with E-state index >= 15 is 0 Å². The lowest BCUT2D eigenvalue weighted by Gasteiger charge is -2.51. The molecule has 35 heavy (non-hydrogen) atoms. The van der Waals surface area contributed by atoms with Gasteiger partial charge < -0.3 is 15.2 Å². The number of benzene rings is 2. The highest BCUT2D eigenvalue weighted by molar-refractivity contribution is 5.89. The summed E-state index contributed by atoms with van der Waals surface area (Å²) in [6, 6.07) is 8.08. The number of ether oxygens (including phenoxy) is 1. The molecule has 192 valence electrons. The van der Waals surface area contributed by atoms with Gasteiger partial charge in [0, 0.05) is 12.1 Å². The molecule has 2 saturated carbocycles. The van der Waals surface area contributed by atoms with Gasteiger partial charge in [-0.15, -0.1) is 0 Å². The maximum atomic E-state index is 14.3. The number of rotatable bonds is 7. The predicted molar refractivity (Wildman–Crippen MR) is 130 cm³/mol. The Balaban J connectivity index is 1.60. The molecule has 0 heterocycles. The molecule has 7 heteroatoms. The fourth-order valence-corrected chi connectivity index (χ4v) is 5.84. The Kier molecular flexibility index (Phi) is 7.11. The lowest BCUT2D eigenvalue weighted by atomic mass is 9.58. The third kappa shape index (κ3) is 5.16. The van der Waals surface area contributed by atoms with Crippen LogP contribution < -0.4 is 10.1 Å². The molecular formula is C28H36F3NO3. The Hall–Kier alpha value is -2.28. The van der Waals surface area contributed by atoms with E-state index in [1.165, 1.54) is 6.07 Å². The second-order valence-electron chi connectivity index (χ2n) is 11.0. The number of alkyl halides is 3. The van der Waals surface area contributed by atoms with Gasteiger partial charge in [0.05, 0.1) is 12.0 Å². The van der Waals surface area contributed by atoms with Crippen LogP contribution in [0.5, 0.6) is 5.75 Å². The van der Waals surface area contributed by atoms with Crippen molar-refractivity contribution >= 4 is 16.7 Å². The van der Waals surface area contributed by atoms with Gasteiger partial charge in [0.25, 0.3) is 0 Å². The summed E-state index contributed by atoms with van der Waals surface area (Å²) in [5, 5.41) is 13.5. The minimum absolute atomic E-state index is 0.0238. The van der Waals surface area contributed by atoms with Crippen molar-refractivity contribution in [1.82, 2.24) is 5.32 Å². The number of hydrogen-bond acceptors (Lipinski definition) is 3. The molecule has 2 N–H and O–H groups in total. The summed E-state index contributed by atoms with van der Waals surface area (Å²) in [4.78, 5) is 11.4. The van der Waals surface area contributed by atoms with Gasteiger partial charge >= 0.3 is 12.1 Å². The minimum Gasteiger partial charge on any atom is -0.490 e. The smallest absolute Gasteiger partial charge is 0.420 e. The number of fused-ring (bicyclic) bond motifs is 1. The number of carbonyl (C=O) groups is 1. The molecule has 4 rings (SSSR count). The van der Waals surface area contributed by atoms with E-state index in [0.717, 1.165) is 37.7 Å². The first kappa shape index (κ1) is 25.8. The molecule has 0 unspecified atom stereocenters. The molecule has 0 aromatic heterocycles. The maximum Gasteiger partial charge on any atom is 0.420 e. The highest BCUT2D eigenvalue weighted by Gasteiger charge is 2.52. The van der Waals surface area contributed by atoms with Crippen molar-refractivity contribution in [3.8, 4) is 5.75 Å². The van der Waals surface area contributed by atoms with E-state index in [2.05, 4.69) is 12.2 Å². The zero-order valence-corrected chi connectivity index (χ0v) is 20.9. The van der Waals surface area contributed by atoms with E-state index in [1.54, 1.807) is 18.2 Å². The van der Waals surface area contributed by atoms with Crippen LogP contribution in [0.3, 0.4) is 0 Å². The van der Waals surface area contributed by atoms with Crippen LogP contribution in [0, 0.1) is 17.3 Å². The summed E-state index contributed by atoms with van der Waals surface area (Å²) in [6.07, 6.45) is 0.408. The molecule has 2 fully saturated rings. The van der Waals surface area contributed by atoms with Crippen molar-refractivity contribution in [2.24, 2.45) is 17.3 Å². The highest BCUT2D eigenvalue weighted by atomic mass is 19.4. The van der Waals surface area contributed by atoms with Crippen molar-refractivity contribution in [2.45, 2.75) is 90.6 Å². The van der Waals surface area contributed by atoms with Crippen LogP contribution in [0.15, 0.2) is 30.3 Å². The molecule has 0 bridgehead atoms. The molecule has 2 aliphatic rings. The molecule has 0 aliphatic heterocycles. The first-order chi connectivity index (χ1) is 16.4. The van der Waals surface area contributed by atoms with Crippen molar-refractivity contribution in [3.05, 3.63) is 41.5 Å². The number of carboxylic acids is 1. The van der Waals surface area contributed by atoms with Gasteiger partial charge in [0.15, 0.2) is 0 Å². The van der Waals surface area contributed by atoms with Crippen LogP contribution >= 0.6 is 0 Å². The normalized spacial score (nSPS) is 27.3. The molecule has 3 atom stereocenters. The van der Waals surface area contributed by atoms with Gasteiger partial charge in [-0.2, -0.15) is 13.2 Å². The summed E-state index contributed by atoms with van der Waals surface area (Å²) in [6.45, 7) is 7.89. The van der Waals surface area contributed by atoms with Gasteiger partial charge in [-0.3, -0.25) is 4.79 Å². The second-order valence-corrected chi connectivity index (χ2v) is 11.0. The minimum atomic E-state index is -4.55. The number of hydrogen-bond donors (Lipinski definition) is 2. The van der Waals surface area contributed by atoms with Gasteiger partial charge in [0.1, 0.15) is 11.3 Å². The predicted octanol–water partition coefficient (Wildman–Crippen LogP) is 7.36. The summed E-state index contributed by atoms with van der Waals surface area (Å²) >= 11 is 0. The number of nitrogens with one attached hydrogen (secondary N) is 1. The lowest BCUT2D eigenvalue weighted by Crippen LogP contribution is -2.59. The molecular weight excluding hydrogens is 455 g/mol. The second kappa shape index (κ2) is 9.64. The van der Waals surface area contributed by atoms with Gasteiger partial charge in [-0.05, 0) is 78.8 Å². The summed E-state index contributed by atoms with van der Waals surface area (Å²) in [5.74, 6) is -0.687. The van der Waals surface area contributed by atoms with Gasteiger partial charge in [0.2, 0.25) is 0 Å². The fraction of sp³-hybridized carbons (Fsp3) is 0.607. The summed E-state index contributed by atoms with van der Waals surface area (Å²) in [7, 11) is 0. The highest BCUT2D eigenvalue weighted by Crippen LogP contribution is 2.47. The third-order valence-electron chi connectivity index (χ3n) is 8.47. The molecule has 2 aromatic carbocycles. The van der Waals surface area contributed by atoms with E-state index in [-0.39, 0.29) is 29.3 Å². The Morgan fingerprint density at radius 2 is 1.83 bits per heavy atom. The fourth-order valence-electron chi connectivity index (χ4n) is 5.84.